The molecule has 1 rings (SSSR count). The monoisotopic (exact) mass is 362 g/mol. The van der Waals surface area contributed by atoms with Crippen LogP contribution in [-0.2, 0) is 4.74 Å². The predicted molar refractivity (Wildman–Crippen MR) is 109 cm³/mol. The Balaban J connectivity index is 3.15. The average Bonchev–Trinajstić information content (AvgIpc) is 2.79. The van der Waals surface area contributed by atoms with Crippen molar-refractivity contribution in [3.05, 3.63) is 59.3 Å². The minimum Gasteiger partial charge on any atom is -0.484 e. The van der Waals surface area contributed by atoms with Gasteiger partial charge in [0.1, 0.15) is 11.4 Å². The zero-order valence-corrected chi connectivity index (χ0v) is 17.2. The maximum atomic E-state index is 14.3. The van der Waals surface area contributed by atoms with Crippen LogP contribution in [0.15, 0.2) is 59.3 Å². The summed E-state index contributed by atoms with van der Waals surface area (Å²) in [5.41, 5.74) is 1.76. The Bertz CT molecular complexity index is 601. The first-order valence-electron chi connectivity index (χ1n) is 9.57. The van der Waals surface area contributed by atoms with E-state index in [1.165, 1.54) is 11.8 Å². The highest BCUT2D eigenvalue weighted by Gasteiger charge is 2.26. The fourth-order valence-electron chi connectivity index (χ4n) is 3.35. The van der Waals surface area contributed by atoms with Gasteiger partial charge in [-0.3, -0.25) is 0 Å². The summed E-state index contributed by atoms with van der Waals surface area (Å²) in [4.78, 5) is 2.27. The molecule has 0 aromatic rings. The highest BCUT2D eigenvalue weighted by Crippen LogP contribution is 2.30. The molecule has 0 aliphatic heterocycles. The average molecular weight is 363 g/mol. The third-order valence-corrected chi connectivity index (χ3v) is 4.43. The Morgan fingerprint density at radius 2 is 2.12 bits per heavy atom. The Morgan fingerprint density at radius 1 is 1.38 bits per heavy atom. The minimum absolute atomic E-state index is 0.292. The van der Waals surface area contributed by atoms with E-state index < -0.39 is 5.60 Å². The first-order valence-corrected chi connectivity index (χ1v) is 9.57. The largest absolute Gasteiger partial charge is 0.484 e. The molecule has 0 aromatic carbocycles. The first kappa shape index (κ1) is 22.2. The lowest BCUT2D eigenvalue weighted by Crippen LogP contribution is -2.33. The molecule has 4 heteroatoms. The molecule has 1 atom stereocenters. The molecule has 1 N–H and O–H groups in total. The summed E-state index contributed by atoms with van der Waals surface area (Å²) in [5.74, 6) is 0.111. The van der Waals surface area contributed by atoms with Gasteiger partial charge in [-0.2, -0.15) is 0 Å². The van der Waals surface area contributed by atoms with Crippen LogP contribution in [0.25, 0.3) is 0 Å². The van der Waals surface area contributed by atoms with Crippen LogP contribution in [0, 0.1) is 0 Å². The molecule has 0 bridgehead atoms. The van der Waals surface area contributed by atoms with E-state index in [0.29, 0.717) is 12.2 Å². The summed E-state index contributed by atoms with van der Waals surface area (Å²) in [5, 5.41) is 3.21. The molecule has 1 aliphatic rings. The van der Waals surface area contributed by atoms with Gasteiger partial charge in [0.05, 0.1) is 6.67 Å². The number of allylic oxidation sites excluding steroid dienone is 7. The summed E-state index contributed by atoms with van der Waals surface area (Å²) < 4.78 is 20.5. The topological polar surface area (TPSA) is 24.5 Å². The SMILES string of the molecule is C/C=C(\C(C)=C/C(C)(CCC)OC1=C(F)C=CC=CC1)N(CC)CNC. The highest BCUT2D eigenvalue weighted by atomic mass is 19.1. The summed E-state index contributed by atoms with van der Waals surface area (Å²) >= 11 is 0. The van der Waals surface area contributed by atoms with Gasteiger partial charge in [0.15, 0.2) is 5.83 Å². The Hall–Kier alpha value is -1.81. The van der Waals surface area contributed by atoms with Gasteiger partial charge < -0.3 is 15.0 Å². The van der Waals surface area contributed by atoms with Crippen molar-refractivity contribution >= 4 is 0 Å². The third-order valence-electron chi connectivity index (χ3n) is 4.43. The zero-order chi connectivity index (χ0) is 19.6. The molecule has 1 aliphatic carbocycles. The maximum absolute atomic E-state index is 14.3. The number of hydrogen-bond donors (Lipinski definition) is 1. The fourth-order valence-corrected chi connectivity index (χ4v) is 3.35. The molecule has 0 heterocycles. The number of likely N-dealkylation sites (N-methyl/N-ethyl adjacent to an activating group) is 1. The second-order valence-electron chi connectivity index (χ2n) is 6.80. The molecular weight excluding hydrogens is 327 g/mol. The lowest BCUT2D eigenvalue weighted by Gasteiger charge is -2.32. The number of nitrogens with one attached hydrogen (secondary N) is 1. The van der Waals surface area contributed by atoms with Crippen molar-refractivity contribution in [1.82, 2.24) is 10.2 Å². The summed E-state index contributed by atoms with van der Waals surface area (Å²) in [6.07, 6.45) is 13.5. The minimum atomic E-state index is -0.551. The van der Waals surface area contributed by atoms with E-state index in [-0.39, 0.29) is 5.83 Å². The van der Waals surface area contributed by atoms with Gasteiger partial charge in [-0.1, -0.05) is 37.6 Å². The van der Waals surface area contributed by atoms with Crippen LogP contribution < -0.4 is 5.32 Å². The normalized spacial score (nSPS) is 18.0. The maximum Gasteiger partial charge on any atom is 0.161 e. The molecule has 0 amide bonds. The van der Waals surface area contributed by atoms with Crippen LogP contribution in [-0.4, -0.2) is 30.8 Å². The number of ether oxygens (including phenoxy) is 1. The molecule has 1 unspecified atom stereocenters. The lowest BCUT2D eigenvalue weighted by atomic mass is 9.95. The summed E-state index contributed by atoms with van der Waals surface area (Å²) in [7, 11) is 1.95. The van der Waals surface area contributed by atoms with Crippen molar-refractivity contribution in [2.45, 2.75) is 59.5 Å². The molecule has 0 radical (unpaired) electrons. The molecule has 146 valence electrons. The van der Waals surface area contributed by atoms with Crippen molar-refractivity contribution in [1.29, 1.82) is 0 Å². The van der Waals surface area contributed by atoms with Gasteiger partial charge >= 0.3 is 0 Å². The number of nitrogens with zero attached hydrogens (tertiary/aromatic N) is 1. The third kappa shape index (κ3) is 6.49. The van der Waals surface area contributed by atoms with E-state index in [9.17, 15) is 4.39 Å². The number of hydrogen-bond acceptors (Lipinski definition) is 3. The zero-order valence-electron chi connectivity index (χ0n) is 17.2. The van der Waals surface area contributed by atoms with E-state index in [4.69, 9.17) is 4.74 Å². The highest BCUT2D eigenvalue weighted by molar-refractivity contribution is 5.31. The van der Waals surface area contributed by atoms with Gasteiger partial charge in [0.2, 0.25) is 0 Å². The van der Waals surface area contributed by atoms with E-state index >= 15 is 0 Å². The first-order chi connectivity index (χ1) is 12.4. The van der Waals surface area contributed by atoms with Crippen LogP contribution in [0.2, 0.25) is 0 Å². The molecule has 0 fully saturated rings. The molecule has 3 nitrogen and oxygen atoms in total. The number of halogens is 1. The van der Waals surface area contributed by atoms with Crippen LogP contribution in [0.3, 0.4) is 0 Å². The molecular formula is C22H35FN2O. The molecule has 0 spiro atoms. The van der Waals surface area contributed by atoms with Crippen LogP contribution >= 0.6 is 0 Å². The van der Waals surface area contributed by atoms with Gasteiger partial charge in [-0.25, -0.2) is 4.39 Å². The smallest absolute Gasteiger partial charge is 0.161 e. The van der Waals surface area contributed by atoms with Crippen molar-refractivity contribution in [3.63, 3.8) is 0 Å². The van der Waals surface area contributed by atoms with Crippen molar-refractivity contribution in [2.24, 2.45) is 0 Å². The van der Waals surface area contributed by atoms with Crippen LogP contribution in [0.4, 0.5) is 4.39 Å². The van der Waals surface area contributed by atoms with Crippen molar-refractivity contribution < 1.29 is 9.13 Å². The van der Waals surface area contributed by atoms with E-state index in [0.717, 1.165) is 31.6 Å². The molecule has 26 heavy (non-hydrogen) atoms. The molecule has 0 aromatic heterocycles. The van der Waals surface area contributed by atoms with Crippen molar-refractivity contribution in [3.8, 4) is 0 Å². The number of rotatable bonds is 10. The molecule has 0 saturated carbocycles. The Morgan fingerprint density at radius 3 is 2.69 bits per heavy atom. The Labute approximate surface area is 159 Å². The van der Waals surface area contributed by atoms with Crippen LogP contribution in [0.5, 0.6) is 0 Å². The van der Waals surface area contributed by atoms with Gasteiger partial charge in [-0.05, 0) is 58.9 Å². The van der Waals surface area contributed by atoms with Crippen molar-refractivity contribution in [2.75, 3.05) is 20.3 Å². The molecule has 0 saturated heterocycles. The van der Waals surface area contributed by atoms with Gasteiger partial charge in [-0.15, -0.1) is 0 Å². The van der Waals surface area contributed by atoms with Gasteiger partial charge in [0, 0.05) is 18.7 Å². The van der Waals surface area contributed by atoms with Gasteiger partial charge in [0.25, 0.3) is 0 Å². The predicted octanol–water partition coefficient (Wildman–Crippen LogP) is 5.61. The summed E-state index contributed by atoms with van der Waals surface area (Å²) in [6, 6.07) is 0. The summed E-state index contributed by atoms with van der Waals surface area (Å²) in [6.45, 7) is 12.1. The van der Waals surface area contributed by atoms with E-state index in [1.54, 1.807) is 6.08 Å². The van der Waals surface area contributed by atoms with Crippen LogP contribution in [0.1, 0.15) is 53.9 Å². The Kier molecular flexibility index (Phi) is 9.42. The van der Waals surface area contributed by atoms with E-state index in [1.807, 2.05) is 33.0 Å². The quantitative estimate of drug-likeness (QED) is 0.404. The second kappa shape index (κ2) is 11.0. The van der Waals surface area contributed by atoms with E-state index in [2.05, 4.69) is 43.1 Å². The fraction of sp³-hybridized carbons (Fsp3) is 0.545. The standard InChI is InChI=1S/C22H35FN2O/c1-7-15-22(5,26-21-14-12-10-11-13-19(21)23)16-18(4)20(8-2)25(9-3)17-24-6/h8,10-13,16,24H,7,9,14-15,17H2,1-6H3/b18-16-,20-8+. The second-order valence-corrected chi connectivity index (χ2v) is 6.80. The lowest BCUT2D eigenvalue weighted by molar-refractivity contribution is 0.0454.